The summed E-state index contributed by atoms with van der Waals surface area (Å²) in [6, 6.07) is 21.7. The molecule has 5 rings (SSSR count). The second-order valence-electron chi connectivity index (χ2n) is 9.46. The fraction of sp³-hybridized carbons (Fsp3) is 0.241. The van der Waals surface area contributed by atoms with Gasteiger partial charge >= 0.3 is 0 Å². The topological polar surface area (TPSA) is 99.8 Å². The van der Waals surface area contributed by atoms with Crippen LogP contribution >= 0.6 is 0 Å². The van der Waals surface area contributed by atoms with E-state index < -0.39 is 5.97 Å². The molecule has 0 unspecified atom stereocenters. The number of fused-ring (bicyclic) bond motifs is 2. The standard InChI is InChI=1S/C29H28N4O4/c1-19(2)15-16-32-25-10-6-4-8-23(25)30-26(32)17-33-24-9-5-3-7-22(24)27(28(33)34)31-37-18-20-11-13-21(14-12-20)29(35)36/h3-14,19H,15-18H2,1-2H3,(H,35,36)/p-1/b31-27-. The summed E-state index contributed by atoms with van der Waals surface area (Å²) in [6.07, 6.45) is 1.00. The molecule has 0 spiro atoms. The second kappa shape index (κ2) is 10.3. The summed E-state index contributed by atoms with van der Waals surface area (Å²) in [5.74, 6) is -0.133. The summed E-state index contributed by atoms with van der Waals surface area (Å²) in [4.78, 5) is 36.5. The van der Waals surface area contributed by atoms with E-state index in [0.29, 0.717) is 18.0 Å². The lowest BCUT2D eigenvalue weighted by Gasteiger charge is -2.18. The van der Waals surface area contributed by atoms with Crippen molar-refractivity contribution in [3.8, 4) is 0 Å². The number of carboxylic acid groups (broad SMARTS) is 1. The number of carbonyl (C=O) groups is 2. The number of imidazole rings is 1. The van der Waals surface area contributed by atoms with Crippen molar-refractivity contribution in [3.63, 3.8) is 0 Å². The largest absolute Gasteiger partial charge is 0.545 e. The monoisotopic (exact) mass is 495 g/mol. The van der Waals surface area contributed by atoms with E-state index in [9.17, 15) is 14.7 Å². The van der Waals surface area contributed by atoms with E-state index >= 15 is 0 Å². The summed E-state index contributed by atoms with van der Waals surface area (Å²) in [5, 5.41) is 15.1. The molecule has 1 aliphatic heterocycles. The van der Waals surface area contributed by atoms with Gasteiger partial charge < -0.3 is 19.3 Å². The molecule has 188 valence electrons. The van der Waals surface area contributed by atoms with Crippen LogP contribution in [-0.2, 0) is 29.3 Å². The molecule has 0 atom stereocenters. The fourth-order valence-corrected chi connectivity index (χ4v) is 4.44. The zero-order valence-electron chi connectivity index (χ0n) is 20.8. The smallest absolute Gasteiger partial charge is 0.281 e. The third kappa shape index (κ3) is 4.95. The van der Waals surface area contributed by atoms with Crippen molar-refractivity contribution in [2.24, 2.45) is 11.1 Å². The molecule has 8 heteroatoms. The summed E-state index contributed by atoms with van der Waals surface area (Å²) < 4.78 is 2.20. The number of aromatic carboxylic acids is 1. The van der Waals surface area contributed by atoms with Gasteiger partial charge in [0.25, 0.3) is 5.91 Å². The first-order valence-electron chi connectivity index (χ1n) is 12.3. The number of benzene rings is 3. The maximum Gasteiger partial charge on any atom is 0.281 e. The van der Waals surface area contributed by atoms with Crippen LogP contribution in [0, 0.1) is 5.92 Å². The third-order valence-electron chi connectivity index (χ3n) is 6.44. The maximum atomic E-state index is 13.5. The van der Waals surface area contributed by atoms with Crippen molar-refractivity contribution >= 4 is 34.3 Å². The molecule has 0 bridgehead atoms. The van der Waals surface area contributed by atoms with Crippen molar-refractivity contribution in [2.75, 3.05) is 4.90 Å². The Morgan fingerprint density at radius 1 is 1.03 bits per heavy atom. The minimum Gasteiger partial charge on any atom is -0.545 e. The van der Waals surface area contributed by atoms with E-state index in [4.69, 9.17) is 9.82 Å². The lowest BCUT2D eigenvalue weighted by Crippen LogP contribution is -2.31. The number of aryl methyl sites for hydroxylation is 1. The Kier molecular flexibility index (Phi) is 6.72. The SMILES string of the molecule is CC(C)CCn1c(CN2C(=O)/C(=N\OCc3ccc(C(=O)[O-])cc3)c3ccccc32)nc2ccccc21. The minimum absolute atomic E-state index is 0.0880. The van der Waals surface area contributed by atoms with Gasteiger partial charge in [-0.2, -0.15) is 0 Å². The van der Waals surface area contributed by atoms with Crippen LogP contribution in [0.1, 0.15) is 47.6 Å². The average Bonchev–Trinajstić information content (AvgIpc) is 3.38. The zero-order chi connectivity index (χ0) is 25.9. The molecule has 2 heterocycles. The van der Waals surface area contributed by atoms with Crippen LogP contribution in [0.4, 0.5) is 5.69 Å². The van der Waals surface area contributed by atoms with Gasteiger partial charge in [-0.3, -0.25) is 9.69 Å². The van der Waals surface area contributed by atoms with Crippen LogP contribution in [0.25, 0.3) is 11.0 Å². The number of hydrogen-bond acceptors (Lipinski definition) is 6. The first-order valence-corrected chi connectivity index (χ1v) is 12.3. The van der Waals surface area contributed by atoms with Gasteiger partial charge in [0.15, 0.2) is 5.71 Å². The van der Waals surface area contributed by atoms with Crippen LogP contribution in [0.3, 0.4) is 0 Å². The van der Waals surface area contributed by atoms with Gasteiger partial charge in [0.2, 0.25) is 0 Å². The number of nitrogens with zero attached hydrogens (tertiary/aromatic N) is 4. The molecule has 0 N–H and O–H groups in total. The van der Waals surface area contributed by atoms with E-state index in [1.165, 1.54) is 12.1 Å². The molecular weight excluding hydrogens is 468 g/mol. The third-order valence-corrected chi connectivity index (χ3v) is 6.44. The quantitative estimate of drug-likeness (QED) is 0.328. The minimum atomic E-state index is -1.24. The molecule has 0 radical (unpaired) electrons. The Labute approximate surface area is 214 Å². The van der Waals surface area contributed by atoms with E-state index in [0.717, 1.165) is 41.1 Å². The zero-order valence-corrected chi connectivity index (χ0v) is 20.8. The fourth-order valence-electron chi connectivity index (χ4n) is 4.44. The Balaban J connectivity index is 1.40. The molecule has 1 aromatic heterocycles. The number of carbonyl (C=O) groups excluding carboxylic acids is 2. The number of para-hydroxylation sites is 3. The van der Waals surface area contributed by atoms with Gasteiger partial charge in [-0.1, -0.05) is 73.6 Å². The summed E-state index contributed by atoms with van der Waals surface area (Å²) >= 11 is 0. The summed E-state index contributed by atoms with van der Waals surface area (Å²) in [6.45, 7) is 5.61. The first-order chi connectivity index (χ1) is 17.9. The first kappa shape index (κ1) is 24.2. The van der Waals surface area contributed by atoms with E-state index in [1.54, 1.807) is 17.0 Å². The highest BCUT2D eigenvalue weighted by atomic mass is 16.6. The summed E-state index contributed by atoms with van der Waals surface area (Å²) in [7, 11) is 0. The Hall–Kier alpha value is -4.46. The molecule has 0 saturated carbocycles. The molecule has 3 aromatic carbocycles. The van der Waals surface area contributed by atoms with E-state index in [1.807, 2.05) is 42.5 Å². The van der Waals surface area contributed by atoms with Gasteiger partial charge in [-0.05, 0) is 41.7 Å². The van der Waals surface area contributed by atoms with Crippen LogP contribution in [-0.4, -0.2) is 27.1 Å². The van der Waals surface area contributed by atoms with Crippen molar-refractivity contribution in [2.45, 2.75) is 40.0 Å². The van der Waals surface area contributed by atoms with Gasteiger partial charge in [0.1, 0.15) is 12.4 Å². The van der Waals surface area contributed by atoms with Crippen LogP contribution in [0.15, 0.2) is 78.0 Å². The van der Waals surface area contributed by atoms with Crippen molar-refractivity contribution in [1.29, 1.82) is 0 Å². The van der Waals surface area contributed by atoms with Gasteiger partial charge in [0.05, 0.1) is 29.2 Å². The predicted molar refractivity (Wildman–Crippen MR) is 139 cm³/mol. The Bertz CT molecular complexity index is 1490. The Morgan fingerprint density at radius 2 is 1.76 bits per heavy atom. The number of oxime groups is 1. The lowest BCUT2D eigenvalue weighted by atomic mass is 10.1. The van der Waals surface area contributed by atoms with Crippen LogP contribution in [0.2, 0.25) is 0 Å². The average molecular weight is 496 g/mol. The highest BCUT2D eigenvalue weighted by Gasteiger charge is 2.35. The second-order valence-corrected chi connectivity index (χ2v) is 9.46. The molecule has 1 aliphatic rings. The molecular formula is C29H27N4O4-. The highest BCUT2D eigenvalue weighted by Crippen LogP contribution is 2.31. The highest BCUT2D eigenvalue weighted by molar-refractivity contribution is 6.54. The molecule has 1 amide bonds. The van der Waals surface area contributed by atoms with Crippen LogP contribution < -0.4 is 10.0 Å². The van der Waals surface area contributed by atoms with Gasteiger partial charge in [-0.25, -0.2) is 4.98 Å². The van der Waals surface area contributed by atoms with Crippen molar-refractivity contribution < 1.29 is 19.5 Å². The molecule has 8 nitrogen and oxygen atoms in total. The van der Waals surface area contributed by atoms with Crippen molar-refractivity contribution in [3.05, 3.63) is 95.3 Å². The number of amides is 1. The normalized spacial score (nSPS) is 14.1. The maximum absolute atomic E-state index is 13.5. The summed E-state index contributed by atoms with van der Waals surface area (Å²) in [5.41, 5.74) is 4.46. The number of aromatic nitrogens is 2. The van der Waals surface area contributed by atoms with E-state index in [2.05, 4.69) is 29.6 Å². The lowest BCUT2D eigenvalue weighted by molar-refractivity contribution is -0.255. The van der Waals surface area contributed by atoms with Gasteiger partial charge in [-0.15, -0.1) is 0 Å². The number of rotatable bonds is 9. The number of anilines is 1. The number of carboxylic acids is 1. The van der Waals surface area contributed by atoms with Crippen LogP contribution in [0.5, 0.6) is 0 Å². The van der Waals surface area contributed by atoms with Crippen molar-refractivity contribution in [1.82, 2.24) is 9.55 Å². The molecule has 4 aromatic rings. The molecule has 0 aliphatic carbocycles. The molecule has 0 saturated heterocycles. The molecule has 0 fully saturated rings. The van der Waals surface area contributed by atoms with E-state index in [-0.39, 0.29) is 23.8 Å². The van der Waals surface area contributed by atoms with Gasteiger partial charge in [0, 0.05) is 12.1 Å². The Morgan fingerprint density at radius 3 is 2.51 bits per heavy atom. The number of hydrogen-bond donors (Lipinski definition) is 0. The predicted octanol–water partition coefficient (Wildman–Crippen LogP) is 3.91. The molecule has 37 heavy (non-hydrogen) atoms.